The van der Waals surface area contributed by atoms with E-state index in [4.69, 9.17) is 4.74 Å². The van der Waals surface area contributed by atoms with Gasteiger partial charge in [0.15, 0.2) is 0 Å². The van der Waals surface area contributed by atoms with Gasteiger partial charge in [0.1, 0.15) is 0 Å². The smallest absolute Gasteiger partial charge is 0.0683 e. The zero-order valence-electron chi connectivity index (χ0n) is 10.9. The SMILES string of the molecule is Cc1ccc(N2CCOC[C@H]2CN(C)C)cn1. The van der Waals surface area contributed by atoms with Gasteiger partial charge in [-0.3, -0.25) is 4.98 Å². The monoisotopic (exact) mass is 235 g/mol. The molecule has 0 saturated carbocycles. The van der Waals surface area contributed by atoms with E-state index < -0.39 is 0 Å². The van der Waals surface area contributed by atoms with Crippen molar-refractivity contribution < 1.29 is 4.74 Å². The number of aromatic nitrogens is 1. The molecule has 1 aromatic rings. The second-order valence-electron chi connectivity index (χ2n) is 4.84. The third kappa shape index (κ3) is 3.17. The first kappa shape index (κ1) is 12.3. The Morgan fingerprint density at radius 3 is 2.94 bits per heavy atom. The number of ether oxygens (including phenoxy) is 1. The molecule has 1 saturated heterocycles. The third-order valence-electron chi connectivity index (χ3n) is 3.03. The Hall–Kier alpha value is -1.13. The Morgan fingerprint density at radius 1 is 1.47 bits per heavy atom. The van der Waals surface area contributed by atoms with Crippen LogP contribution in [0.15, 0.2) is 18.3 Å². The molecule has 2 rings (SSSR count). The van der Waals surface area contributed by atoms with Gasteiger partial charge in [-0.2, -0.15) is 0 Å². The summed E-state index contributed by atoms with van der Waals surface area (Å²) in [6.45, 7) is 5.57. The van der Waals surface area contributed by atoms with E-state index in [-0.39, 0.29) is 0 Å². The maximum Gasteiger partial charge on any atom is 0.0683 e. The number of likely N-dealkylation sites (N-methyl/N-ethyl adjacent to an activating group) is 1. The van der Waals surface area contributed by atoms with Crippen LogP contribution in [0.5, 0.6) is 0 Å². The number of anilines is 1. The van der Waals surface area contributed by atoms with Crippen LogP contribution in [0.1, 0.15) is 5.69 Å². The topological polar surface area (TPSA) is 28.6 Å². The van der Waals surface area contributed by atoms with Crippen molar-refractivity contribution in [3.63, 3.8) is 0 Å². The quantitative estimate of drug-likeness (QED) is 0.786. The molecule has 0 N–H and O–H groups in total. The summed E-state index contributed by atoms with van der Waals surface area (Å²) in [5.74, 6) is 0. The van der Waals surface area contributed by atoms with Gasteiger partial charge in [-0.15, -0.1) is 0 Å². The minimum absolute atomic E-state index is 0.420. The summed E-state index contributed by atoms with van der Waals surface area (Å²) in [7, 11) is 4.19. The lowest BCUT2D eigenvalue weighted by Gasteiger charge is -2.38. The molecular formula is C13H21N3O. The Labute approximate surface area is 103 Å². The minimum atomic E-state index is 0.420. The molecule has 4 nitrogen and oxygen atoms in total. The van der Waals surface area contributed by atoms with Gasteiger partial charge in [-0.05, 0) is 33.2 Å². The molecule has 0 spiro atoms. The Balaban J connectivity index is 2.12. The number of rotatable bonds is 3. The van der Waals surface area contributed by atoms with Crippen LogP contribution in [-0.2, 0) is 4.74 Å². The fourth-order valence-electron chi connectivity index (χ4n) is 2.20. The summed E-state index contributed by atoms with van der Waals surface area (Å²) in [6, 6.07) is 4.64. The zero-order chi connectivity index (χ0) is 12.3. The molecular weight excluding hydrogens is 214 g/mol. The Kier molecular flexibility index (Phi) is 3.97. The molecule has 4 heteroatoms. The lowest BCUT2D eigenvalue weighted by Crippen LogP contribution is -2.50. The Morgan fingerprint density at radius 2 is 2.29 bits per heavy atom. The predicted molar refractivity (Wildman–Crippen MR) is 69.5 cm³/mol. The molecule has 94 valence electrons. The molecule has 17 heavy (non-hydrogen) atoms. The second-order valence-corrected chi connectivity index (χ2v) is 4.84. The van der Waals surface area contributed by atoms with Crippen molar-refractivity contribution in [1.29, 1.82) is 0 Å². The molecule has 0 aliphatic carbocycles. The van der Waals surface area contributed by atoms with Crippen LogP contribution < -0.4 is 4.90 Å². The molecule has 1 fully saturated rings. The van der Waals surface area contributed by atoms with Crippen molar-refractivity contribution in [2.45, 2.75) is 13.0 Å². The van der Waals surface area contributed by atoms with E-state index in [9.17, 15) is 0 Å². The summed E-state index contributed by atoms with van der Waals surface area (Å²) >= 11 is 0. The van der Waals surface area contributed by atoms with Crippen LogP contribution in [0, 0.1) is 6.92 Å². The van der Waals surface area contributed by atoms with Crippen molar-refractivity contribution in [2.75, 3.05) is 45.3 Å². The van der Waals surface area contributed by atoms with Crippen molar-refractivity contribution in [1.82, 2.24) is 9.88 Å². The summed E-state index contributed by atoms with van der Waals surface area (Å²) in [4.78, 5) is 8.97. The van der Waals surface area contributed by atoms with Gasteiger partial charge in [0.25, 0.3) is 0 Å². The molecule has 2 heterocycles. The van der Waals surface area contributed by atoms with Crippen molar-refractivity contribution in [2.24, 2.45) is 0 Å². The van der Waals surface area contributed by atoms with Crippen molar-refractivity contribution in [3.8, 4) is 0 Å². The molecule has 1 aliphatic rings. The first-order valence-electron chi connectivity index (χ1n) is 6.08. The highest BCUT2D eigenvalue weighted by molar-refractivity contribution is 5.46. The van der Waals surface area contributed by atoms with Crippen LogP contribution in [0.25, 0.3) is 0 Å². The lowest BCUT2D eigenvalue weighted by atomic mass is 10.2. The minimum Gasteiger partial charge on any atom is -0.377 e. The van der Waals surface area contributed by atoms with Crippen LogP contribution in [0.2, 0.25) is 0 Å². The van der Waals surface area contributed by atoms with Gasteiger partial charge >= 0.3 is 0 Å². The Bertz CT molecular complexity index is 350. The van der Waals surface area contributed by atoms with Gasteiger partial charge in [0, 0.05) is 18.8 Å². The average molecular weight is 235 g/mol. The van der Waals surface area contributed by atoms with Crippen molar-refractivity contribution in [3.05, 3.63) is 24.0 Å². The number of nitrogens with zero attached hydrogens (tertiary/aromatic N) is 3. The molecule has 0 bridgehead atoms. The molecule has 0 amide bonds. The standard InChI is InChI=1S/C13H21N3O/c1-11-4-5-12(8-14-11)16-6-7-17-10-13(16)9-15(2)3/h4-5,8,13H,6-7,9-10H2,1-3H3/t13-/m1/s1. The highest BCUT2D eigenvalue weighted by Gasteiger charge is 2.23. The molecule has 0 unspecified atom stereocenters. The van der Waals surface area contributed by atoms with E-state index in [1.54, 1.807) is 0 Å². The third-order valence-corrected chi connectivity index (χ3v) is 3.03. The molecule has 1 aromatic heterocycles. The van der Waals surface area contributed by atoms with E-state index in [2.05, 4.69) is 41.0 Å². The number of hydrogen-bond donors (Lipinski definition) is 0. The van der Waals surface area contributed by atoms with Gasteiger partial charge in [0.05, 0.1) is 31.1 Å². The number of pyridine rings is 1. The first-order valence-corrected chi connectivity index (χ1v) is 6.08. The van der Waals surface area contributed by atoms with Crippen LogP contribution in [-0.4, -0.2) is 56.3 Å². The average Bonchev–Trinajstić information content (AvgIpc) is 2.30. The van der Waals surface area contributed by atoms with Gasteiger partial charge < -0.3 is 14.5 Å². The molecule has 1 aliphatic heterocycles. The maximum atomic E-state index is 5.57. The van der Waals surface area contributed by atoms with E-state index in [0.29, 0.717) is 6.04 Å². The summed E-state index contributed by atoms with van der Waals surface area (Å²) in [5.41, 5.74) is 2.26. The van der Waals surface area contributed by atoms with E-state index in [1.165, 1.54) is 5.69 Å². The lowest BCUT2D eigenvalue weighted by molar-refractivity contribution is 0.0854. The van der Waals surface area contributed by atoms with Crippen LogP contribution in [0.3, 0.4) is 0 Å². The fraction of sp³-hybridized carbons (Fsp3) is 0.615. The van der Waals surface area contributed by atoms with Gasteiger partial charge in [-0.1, -0.05) is 0 Å². The second kappa shape index (κ2) is 5.47. The van der Waals surface area contributed by atoms with Gasteiger partial charge in [-0.25, -0.2) is 0 Å². The highest BCUT2D eigenvalue weighted by atomic mass is 16.5. The van der Waals surface area contributed by atoms with Crippen molar-refractivity contribution >= 4 is 5.69 Å². The molecule has 1 atom stereocenters. The summed E-state index contributed by atoms with van der Waals surface area (Å²) in [6.07, 6.45) is 1.96. The molecule has 0 aromatic carbocycles. The van der Waals surface area contributed by atoms with E-state index in [0.717, 1.165) is 32.0 Å². The highest BCUT2D eigenvalue weighted by Crippen LogP contribution is 2.19. The normalized spacial score (nSPS) is 20.9. The summed E-state index contributed by atoms with van der Waals surface area (Å²) < 4.78 is 5.57. The van der Waals surface area contributed by atoms with Gasteiger partial charge in [0.2, 0.25) is 0 Å². The predicted octanol–water partition coefficient (Wildman–Crippen LogP) is 1.16. The van der Waals surface area contributed by atoms with Crippen LogP contribution >= 0.6 is 0 Å². The number of hydrogen-bond acceptors (Lipinski definition) is 4. The number of morpholine rings is 1. The summed E-state index contributed by atoms with van der Waals surface area (Å²) in [5, 5.41) is 0. The number of aryl methyl sites for hydroxylation is 1. The molecule has 0 radical (unpaired) electrons. The zero-order valence-corrected chi connectivity index (χ0v) is 10.9. The fourth-order valence-corrected chi connectivity index (χ4v) is 2.20. The largest absolute Gasteiger partial charge is 0.377 e. The first-order chi connectivity index (χ1) is 8.16. The van der Waals surface area contributed by atoms with Crippen LogP contribution in [0.4, 0.5) is 5.69 Å². The van der Waals surface area contributed by atoms with E-state index >= 15 is 0 Å². The van der Waals surface area contributed by atoms with E-state index in [1.807, 2.05) is 13.1 Å². The maximum absolute atomic E-state index is 5.57.